The summed E-state index contributed by atoms with van der Waals surface area (Å²) in [4.78, 5) is 25.3. The molecule has 1 aromatic carbocycles. The number of pyridine rings is 1. The average molecular weight is 267 g/mol. The number of nitrogens with one attached hydrogen (secondary N) is 2. The van der Waals surface area contributed by atoms with Gasteiger partial charge in [-0.25, -0.2) is 0 Å². The standard InChI is InChI=1S/C15H13N3O2/c16-9-1-2-11-3-6-13(7-4-11)18-15(20)12-5-8-14(19)17-10-12/h3-8,10H,9,16H2,(H,17,19)(H,18,20). The fraction of sp³-hybridized carbons (Fsp3) is 0.0667. The number of aromatic amines is 1. The maximum Gasteiger partial charge on any atom is 0.257 e. The maximum atomic E-state index is 11.9. The lowest BCUT2D eigenvalue weighted by molar-refractivity contribution is 0.102. The van der Waals surface area contributed by atoms with Crippen LogP contribution in [0.2, 0.25) is 0 Å². The van der Waals surface area contributed by atoms with E-state index >= 15 is 0 Å². The van der Waals surface area contributed by atoms with E-state index in [1.54, 1.807) is 24.3 Å². The van der Waals surface area contributed by atoms with Gasteiger partial charge in [0.05, 0.1) is 12.1 Å². The summed E-state index contributed by atoms with van der Waals surface area (Å²) in [5, 5.41) is 2.73. The summed E-state index contributed by atoms with van der Waals surface area (Å²) >= 11 is 0. The van der Waals surface area contributed by atoms with Crippen LogP contribution in [0.25, 0.3) is 0 Å². The zero-order valence-electron chi connectivity index (χ0n) is 10.6. The number of benzene rings is 1. The van der Waals surface area contributed by atoms with E-state index in [-0.39, 0.29) is 11.5 Å². The van der Waals surface area contributed by atoms with Gasteiger partial charge in [0.25, 0.3) is 5.91 Å². The number of rotatable bonds is 2. The number of anilines is 1. The summed E-state index contributed by atoms with van der Waals surface area (Å²) in [6.45, 7) is 0.310. The minimum absolute atomic E-state index is 0.246. The van der Waals surface area contributed by atoms with Crippen molar-refractivity contribution in [1.29, 1.82) is 0 Å². The molecular formula is C15H13N3O2. The Hall–Kier alpha value is -2.84. The highest BCUT2D eigenvalue weighted by molar-refractivity contribution is 6.04. The first kappa shape index (κ1) is 13.6. The van der Waals surface area contributed by atoms with Crippen molar-refractivity contribution in [2.45, 2.75) is 0 Å². The molecule has 0 spiro atoms. The van der Waals surface area contributed by atoms with Crippen molar-refractivity contribution < 1.29 is 4.79 Å². The first-order valence-electron chi connectivity index (χ1n) is 5.98. The molecule has 0 atom stereocenters. The van der Waals surface area contributed by atoms with Gasteiger partial charge in [0.2, 0.25) is 5.56 Å². The number of carbonyl (C=O) groups is 1. The van der Waals surface area contributed by atoms with Crippen molar-refractivity contribution in [3.8, 4) is 11.8 Å². The fourth-order valence-electron chi connectivity index (χ4n) is 1.55. The topological polar surface area (TPSA) is 88.0 Å². The highest BCUT2D eigenvalue weighted by Gasteiger charge is 2.05. The summed E-state index contributed by atoms with van der Waals surface area (Å²) in [5.41, 5.74) is 6.91. The predicted molar refractivity (Wildman–Crippen MR) is 77.4 cm³/mol. The van der Waals surface area contributed by atoms with E-state index in [2.05, 4.69) is 22.1 Å². The fourth-order valence-corrected chi connectivity index (χ4v) is 1.55. The molecule has 0 fully saturated rings. The number of aromatic nitrogens is 1. The number of nitrogens with two attached hydrogens (primary N) is 1. The van der Waals surface area contributed by atoms with Crippen molar-refractivity contribution in [1.82, 2.24) is 4.98 Å². The smallest absolute Gasteiger partial charge is 0.257 e. The molecule has 1 amide bonds. The molecule has 2 rings (SSSR count). The lowest BCUT2D eigenvalue weighted by Crippen LogP contribution is -2.14. The van der Waals surface area contributed by atoms with E-state index < -0.39 is 0 Å². The van der Waals surface area contributed by atoms with Crippen molar-refractivity contribution in [2.75, 3.05) is 11.9 Å². The molecule has 1 heterocycles. The van der Waals surface area contributed by atoms with E-state index in [0.717, 1.165) is 5.56 Å². The molecule has 1 aromatic heterocycles. The first-order chi connectivity index (χ1) is 9.69. The third kappa shape index (κ3) is 3.57. The van der Waals surface area contributed by atoms with Crippen LogP contribution in [-0.2, 0) is 0 Å². The summed E-state index contributed by atoms with van der Waals surface area (Å²) in [5.74, 6) is 5.36. The Kier molecular flexibility index (Phi) is 4.32. The molecular weight excluding hydrogens is 254 g/mol. The molecule has 4 N–H and O–H groups in total. The van der Waals surface area contributed by atoms with Crippen LogP contribution < -0.4 is 16.6 Å². The molecule has 0 saturated heterocycles. The van der Waals surface area contributed by atoms with Crippen LogP contribution in [0.1, 0.15) is 15.9 Å². The molecule has 0 radical (unpaired) electrons. The second-order valence-corrected chi connectivity index (χ2v) is 3.98. The van der Waals surface area contributed by atoms with Crippen molar-refractivity contribution in [2.24, 2.45) is 5.73 Å². The highest BCUT2D eigenvalue weighted by atomic mass is 16.1. The molecule has 0 aliphatic carbocycles. The molecule has 2 aromatic rings. The maximum absolute atomic E-state index is 11.9. The summed E-state index contributed by atoms with van der Waals surface area (Å²) < 4.78 is 0. The van der Waals surface area contributed by atoms with Gasteiger partial charge in [-0.2, -0.15) is 0 Å². The van der Waals surface area contributed by atoms with Crippen molar-refractivity contribution in [3.05, 3.63) is 64.1 Å². The lowest BCUT2D eigenvalue weighted by atomic mass is 10.2. The van der Waals surface area contributed by atoms with Crippen LogP contribution in [-0.4, -0.2) is 17.4 Å². The Morgan fingerprint density at radius 3 is 2.55 bits per heavy atom. The third-order valence-corrected chi connectivity index (χ3v) is 2.52. The summed E-state index contributed by atoms with van der Waals surface area (Å²) in [7, 11) is 0. The van der Waals surface area contributed by atoms with Gasteiger partial charge in [-0.15, -0.1) is 0 Å². The Balaban J connectivity index is 2.08. The minimum Gasteiger partial charge on any atom is -0.328 e. The van der Waals surface area contributed by atoms with Crippen LogP contribution >= 0.6 is 0 Å². The van der Waals surface area contributed by atoms with Gasteiger partial charge in [0, 0.05) is 23.5 Å². The Morgan fingerprint density at radius 1 is 1.20 bits per heavy atom. The third-order valence-electron chi connectivity index (χ3n) is 2.52. The Bertz CT molecular complexity index is 701. The van der Waals surface area contributed by atoms with Gasteiger partial charge in [0.15, 0.2) is 0 Å². The lowest BCUT2D eigenvalue weighted by Gasteiger charge is -2.04. The number of amides is 1. The Labute approximate surface area is 115 Å². The summed E-state index contributed by atoms with van der Waals surface area (Å²) in [6, 6.07) is 9.88. The van der Waals surface area contributed by atoms with Gasteiger partial charge in [-0.05, 0) is 30.3 Å². The van der Waals surface area contributed by atoms with E-state index in [0.29, 0.717) is 17.8 Å². The molecule has 20 heavy (non-hydrogen) atoms. The minimum atomic E-state index is -0.290. The molecule has 5 nitrogen and oxygen atoms in total. The SMILES string of the molecule is NCC#Cc1ccc(NC(=O)c2ccc(=O)[nH]c2)cc1. The second-order valence-electron chi connectivity index (χ2n) is 3.98. The zero-order chi connectivity index (χ0) is 14.4. The molecule has 5 heteroatoms. The highest BCUT2D eigenvalue weighted by Crippen LogP contribution is 2.10. The van der Waals surface area contributed by atoms with Gasteiger partial charge >= 0.3 is 0 Å². The van der Waals surface area contributed by atoms with Crippen LogP contribution in [0, 0.1) is 11.8 Å². The summed E-state index contributed by atoms with van der Waals surface area (Å²) in [6.07, 6.45) is 1.37. The second kappa shape index (κ2) is 6.36. The number of carbonyl (C=O) groups excluding carboxylic acids is 1. The number of H-pyrrole nitrogens is 1. The normalized spacial score (nSPS) is 9.45. The van der Waals surface area contributed by atoms with Gasteiger partial charge in [-0.3, -0.25) is 9.59 Å². The zero-order valence-corrected chi connectivity index (χ0v) is 10.6. The molecule has 0 saturated carbocycles. The van der Waals surface area contributed by atoms with Crippen LogP contribution in [0.5, 0.6) is 0 Å². The largest absolute Gasteiger partial charge is 0.328 e. The average Bonchev–Trinajstić information content (AvgIpc) is 2.47. The van der Waals surface area contributed by atoms with Crippen LogP contribution in [0.4, 0.5) is 5.69 Å². The van der Waals surface area contributed by atoms with E-state index in [1.165, 1.54) is 18.3 Å². The quantitative estimate of drug-likeness (QED) is 0.707. The van der Waals surface area contributed by atoms with Crippen LogP contribution in [0.15, 0.2) is 47.4 Å². The van der Waals surface area contributed by atoms with E-state index in [9.17, 15) is 9.59 Å². The number of hydrogen-bond acceptors (Lipinski definition) is 3. The molecule has 100 valence electrons. The van der Waals surface area contributed by atoms with E-state index in [4.69, 9.17) is 5.73 Å². The molecule has 0 aliphatic rings. The van der Waals surface area contributed by atoms with Crippen molar-refractivity contribution in [3.63, 3.8) is 0 Å². The monoisotopic (exact) mass is 267 g/mol. The van der Waals surface area contributed by atoms with Crippen molar-refractivity contribution >= 4 is 11.6 Å². The van der Waals surface area contributed by atoms with E-state index in [1.807, 2.05) is 0 Å². The Morgan fingerprint density at radius 2 is 1.95 bits per heavy atom. The predicted octanol–water partition coefficient (Wildman–Crippen LogP) is 0.937. The molecule has 0 aliphatic heterocycles. The molecule has 0 bridgehead atoms. The number of hydrogen-bond donors (Lipinski definition) is 3. The van der Waals surface area contributed by atoms with Gasteiger partial charge < -0.3 is 16.0 Å². The van der Waals surface area contributed by atoms with Gasteiger partial charge in [0.1, 0.15) is 0 Å². The van der Waals surface area contributed by atoms with Crippen LogP contribution in [0.3, 0.4) is 0 Å². The molecule has 0 unspecified atom stereocenters. The van der Waals surface area contributed by atoms with Gasteiger partial charge in [-0.1, -0.05) is 11.8 Å². The first-order valence-corrected chi connectivity index (χ1v) is 5.98.